The van der Waals surface area contributed by atoms with Crippen LogP contribution in [-0.2, 0) is 24.3 Å². The van der Waals surface area contributed by atoms with Crippen LogP contribution in [0.4, 0.5) is 0 Å². The monoisotopic (exact) mass is 612 g/mol. The number of thiocarbonyl (C=S) groups is 1. The molecule has 2 atom stereocenters. The minimum Gasteiger partial charge on any atom is -0.481 e. The van der Waals surface area contributed by atoms with Crippen LogP contribution in [-0.4, -0.2) is 80.5 Å². The summed E-state index contributed by atoms with van der Waals surface area (Å²) in [6.07, 6.45) is 2.76. The first-order chi connectivity index (χ1) is 19.5. The van der Waals surface area contributed by atoms with Gasteiger partial charge in [0.15, 0.2) is 0 Å². The average molecular weight is 613 g/mol. The molecule has 13 heteroatoms. The molecule has 10 nitrogen and oxygen atoms in total. The maximum absolute atomic E-state index is 13.6. The smallest absolute Gasteiger partial charge is 0.305 e. The van der Waals surface area contributed by atoms with E-state index in [1.165, 1.54) is 9.21 Å². The molecule has 0 aliphatic carbocycles. The lowest BCUT2D eigenvalue weighted by Crippen LogP contribution is -2.48. The maximum Gasteiger partial charge on any atom is 0.305 e. The van der Waals surface area contributed by atoms with E-state index in [2.05, 4.69) is 0 Å². The van der Waals surface area contributed by atoms with Crippen LogP contribution in [0.3, 0.4) is 0 Å². The van der Waals surface area contributed by atoms with Gasteiger partial charge in [-0.15, -0.1) is 0 Å². The van der Waals surface area contributed by atoms with Crippen molar-refractivity contribution < 1.29 is 27.9 Å². The summed E-state index contributed by atoms with van der Waals surface area (Å²) in [4.78, 5) is 25.9. The van der Waals surface area contributed by atoms with E-state index in [1.807, 2.05) is 44.2 Å². The van der Waals surface area contributed by atoms with E-state index >= 15 is 0 Å². The molecule has 0 radical (unpaired) electrons. The Morgan fingerprint density at radius 1 is 1.15 bits per heavy atom. The molecule has 1 amide bonds. The van der Waals surface area contributed by atoms with Gasteiger partial charge < -0.3 is 9.84 Å². The molecule has 2 aromatic carbocycles. The molecule has 0 saturated carbocycles. The van der Waals surface area contributed by atoms with Crippen molar-refractivity contribution >= 4 is 56.3 Å². The molecule has 1 N–H and O–H groups in total. The van der Waals surface area contributed by atoms with E-state index in [1.54, 1.807) is 41.2 Å². The molecule has 214 valence electrons. The van der Waals surface area contributed by atoms with Crippen LogP contribution < -0.4 is 0 Å². The number of aromatic nitrogens is 2. The van der Waals surface area contributed by atoms with Crippen molar-refractivity contribution in [2.24, 2.45) is 0 Å². The van der Waals surface area contributed by atoms with E-state index in [4.69, 9.17) is 27.2 Å². The number of hydrogen-bond acceptors (Lipinski definition) is 8. The first-order valence-corrected chi connectivity index (χ1v) is 15.6. The largest absolute Gasteiger partial charge is 0.481 e. The highest BCUT2D eigenvalue weighted by atomic mass is 32.2. The number of para-hydroxylation sites is 1. The maximum atomic E-state index is 13.6. The number of nitrogens with zero attached hydrogens (tertiary/aromatic N) is 4. The zero-order chi connectivity index (χ0) is 29.3. The highest BCUT2D eigenvalue weighted by Crippen LogP contribution is 2.35. The summed E-state index contributed by atoms with van der Waals surface area (Å²) in [5.74, 6) is -1.41. The minimum absolute atomic E-state index is 0.0217. The fourth-order valence-electron chi connectivity index (χ4n) is 4.75. The molecule has 1 aromatic heterocycles. The third kappa shape index (κ3) is 6.28. The molecule has 0 bridgehead atoms. The number of carboxylic acids is 1. The highest BCUT2D eigenvalue weighted by Gasteiger charge is 2.34. The number of rotatable bonds is 8. The quantitative estimate of drug-likeness (QED) is 0.297. The van der Waals surface area contributed by atoms with Gasteiger partial charge in [0.05, 0.1) is 34.1 Å². The fraction of sp³-hybridized carbons (Fsp3) is 0.286. The summed E-state index contributed by atoms with van der Waals surface area (Å²) in [6, 6.07) is 16.0. The lowest BCUT2D eigenvalue weighted by molar-refractivity contribution is -0.137. The van der Waals surface area contributed by atoms with Crippen molar-refractivity contribution in [3.63, 3.8) is 0 Å². The Hall–Kier alpha value is -3.36. The van der Waals surface area contributed by atoms with Crippen LogP contribution in [0, 0.1) is 0 Å². The Morgan fingerprint density at radius 3 is 2.54 bits per heavy atom. The summed E-state index contributed by atoms with van der Waals surface area (Å²) in [7, 11) is -3.80. The molecule has 2 fully saturated rings. The zero-order valence-electron chi connectivity index (χ0n) is 22.3. The molecule has 41 heavy (non-hydrogen) atoms. The Bertz CT molecular complexity index is 1630. The fourth-order valence-corrected chi connectivity index (χ4v) is 7.69. The van der Waals surface area contributed by atoms with Crippen LogP contribution >= 0.6 is 24.0 Å². The van der Waals surface area contributed by atoms with Crippen LogP contribution in [0.1, 0.15) is 25.8 Å². The normalized spacial score (nSPS) is 21.1. The van der Waals surface area contributed by atoms with Gasteiger partial charge in [0.2, 0.25) is 10.0 Å². The highest BCUT2D eigenvalue weighted by molar-refractivity contribution is 8.26. The lowest BCUT2D eigenvalue weighted by Gasteiger charge is -2.34. The molecule has 2 aliphatic rings. The van der Waals surface area contributed by atoms with Gasteiger partial charge in [-0.3, -0.25) is 14.5 Å². The van der Waals surface area contributed by atoms with Gasteiger partial charge in [-0.2, -0.15) is 9.40 Å². The summed E-state index contributed by atoms with van der Waals surface area (Å²) >= 11 is 6.43. The third-order valence-corrected chi connectivity index (χ3v) is 9.81. The van der Waals surface area contributed by atoms with Crippen molar-refractivity contribution in [1.29, 1.82) is 0 Å². The second-order valence-electron chi connectivity index (χ2n) is 9.80. The van der Waals surface area contributed by atoms with Gasteiger partial charge in [-0.05, 0) is 44.2 Å². The summed E-state index contributed by atoms with van der Waals surface area (Å²) in [5, 5.41) is 13.8. The number of carbonyl (C=O) groups excluding carboxylic acids is 1. The van der Waals surface area contributed by atoms with Crippen molar-refractivity contribution in [3.8, 4) is 16.9 Å². The number of hydrogen-bond donors (Lipinski definition) is 1. The number of carboxylic acid groups (broad SMARTS) is 1. The summed E-state index contributed by atoms with van der Waals surface area (Å²) in [6.45, 7) is 4.19. The molecule has 2 aliphatic heterocycles. The first kappa shape index (κ1) is 29.1. The minimum atomic E-state index is -3.80. The topological polar surface area (TPSA) is 122 Å². The second-order valence-corrected chi connectivity index (χ2v) is 13.4. The standard InChI is InChI=1S/C28H28N4O6S3/c1-18-15-30(16-19(2)38-18)41(36,37)23-10-6-7-20(13-23)26-21(17-32(29-26)22-8-4-3-5-9-22)14-24-27(35)31(28(39)40-24)12-11-25(33)34/h3-10,13-14,17-19H,11-12,15-16H2,1-2H3,(H,33,34). The van der Waals surface area contributed by atoms with Crippen molar-refractivity contribution in [2.75, 3.05) is 19.6 Å². The SMILES string of the molecule is CC1CN(S(=O)(=O)c2cccc(-c3nn(-c4ccccc4)cc3C=C3SC(=S)N(CCC(=O)O)C3=O)c2)CC(C)O1. The predicted octanol–water partition coefficient (Wildman–Crippen LogP) is 4.01. The van der Waals surface area contributed by atoms with Gasteiger partial charge >= 0.3 is 5.97 Å². The second kappa shape index (κ2) is 11.9. The van der Waals surface area contributed by atoms with Crippen LogP contribution in [0.25, 0.3) is 23.0 Å². The Balaban J connectivity index is 1.55. The first-order valence-electron chi connectivity index (χ1n) is 12.9. The molecular weight excluding hydrogens is 585 g/mol. The number of thioether (sulfide) groups is 1. The van der Waals surface area contributed by atoms with Crippen molar-refractivity contribution in [2.45, 2.75) is 37.4 Å². The molecule has 5 rings (SSSR count). The molecule has 3 heterocycles. The van der Waals surface area contributed by atoms with Crippen LogP contribution in [0.5, 0.6) is 0 Å². The van der Waals surface area contributed by atoms with E-state index in [9.17, 15) is 18.0 Å². The van der Waals surface area contributed by atoms with E-state index in [0.29, 0.717) is 21.7 Å². The number of sulfonamides is 1. The number of benzene rings is 2. The Labute approximate surface area is 247 Å². The number of morpholine rings is 1. The van der Waals surface area contributed by atoms with Crippen LogP contribution in [0.2, 0.25) is 0 Å². The van der Waals surface area contributed by atoms with Gasteiger partial charge in [0.25, 0.3) is 5.91 Å². The van der Waals surface area contributed by atoms with E-state index < -0.39 is 16.0 Å². The Kier molecular flexibility index (Phi) is 8.43. The summed E-state index contributed by atoms with van der Waals surface area (Å²) < 4.78 is 36.3. The lowest BCUT2D eigenvalue weighted by atomic mass is 10.1. The molecular formula is C28H28N4O6S3. The molecule has 0 spiro atoms. The van der Waals surface area contributed by atoms with Gasteiger partial charge in [0.1, 0.15) is 10.0 Å². The molecule has 3 aromatic rings. The third-order valence-electron chi connectivity index (χ3n) is 6.60. The Morgan fingerprint density at radius 2 is 1.85 bits per heavy atom. The van der Waals surface area contributed by atoms with E-state index in [0.717, 1.165) is 17.4 Å². The number of amides is 1. The van der Waals surface area contributed by atoms with Gasteiger partial charge in [-0.1, -0.05) is 54.3 Å². The molecule has 2 unspecified atom stereocenters. The van der Waals surface area contributed by atoms with Crippen molar-refractivity contribution in [3.05, 3.63) is 71.3 Å². The van der Waals surface area contributed by atoms with Gasteiger partial charge in [-0.25, -0.2) is 13.1 Å². The summed E-state index contributed by atoms with van der Waals surface area (Å²) in [5.41, 5.74) is 2.39. The van der Waals surface area contributed by atoms with Gasteiger partial charge in [0, 0.05) is 37.0 Å². The zero-order valence-corrected chi connectivity index (χ0v) is 24.8. The van der Waals surface area contributed by atoms with Crippen molar-refractivity contribution in [1.82, 2.24) is 19.0 Å². The molecule has 2 saturated heterocycles. The average Bonchev–Trinajstić information content (AvgIpc) is 3.47. The number of ether oxygens (including phenoxy) is 1. The number of carbonyl (C=O) groups is 2. The van der Waals surface area contributed by atoms with E-state index in [-0.39, 0.29) is 53.4 Å². The van der Waals surface area contributed by atoms with Crippen LogP contribution in [0.15, 0.2) is 70.6 Å². The predicted molar refractivity (Wildman–Crippen MR) is 160 cm³/mol. The number of aliphatic carboxylic acids is 1.